The van der Waals surface area contributed by atoms with Gasteiger partial charge in [0.2, 0.25) is 5.79 Å². The highest BCUT2D eigenvalue weighted by Crippen LogP contribution is 2.28. The molecule has 1 saturated heterocycles. The van der Waals surface area contributed by atoms with Gasteiger partial charge in [-0.2, -0.15) is 0 Å². The smallest absolute Gasteiger partial charge is 0.219 e. The number of hydrogen-bond donors (Lipinski definition) is 11. The summed E-state index contributed by atoms with van der Waals surface area (Å²) in [5, 5.41) is 98.5. The SMILES string of the molecule is OC1C(O)C(O)C(O)C(O)C1O.OC[C@H]1O[C@](O)(CO)[C@@H](O)[C@@H]1O. The van der Waals surface area contributed by atoms with Gasteiger partial charge in [0.25, 0.3) is 0 Å². The summed E-state index contributed by atoms with van der Waals surface area (Å²) in [7, 11) is 0. The summed E-state index contributed by atoms with van der Waals surface area (Å²) in [5.74, 6) is -2.16. The molecule has 1 aliphatic carbocycles. The van der Waals surface area contributed by atoms with Gasteiger partial charge in [-0.3, -0.25) is 0 Å². The Morgan fingerprint density at radius 2 is 0.958 bits per heavy atom. The average Bonchev–Trinajstić information content (AvgIpc) is 2.81. The molecule has 2 fully saturated rings. The van der Waals surface area contributed by atoms with Crippen molar-refractivity contribution in [3.05, 3.63) is 0 Å². The van der Waals surface area contributed by atoms with Crippen LogP contribution in [0, 0.1) is 0 Å². The highest BCUT2D eigenvalue weighted by molar-refractivity contribution is 4.98. The standard InChI is InChI=1S/2C6H12O6/c7-1-3-4(9)5(10)6(11,2-8)12-3;7-1-2(8)4(10)6(12)5(11)3(1)9/h3-5,7-11H,1-2H2;1-12H/t3-,4-,5+,6-;/m1./s1. The van der Waals surface area contributed by atoms with Crippen molar-refractivity contribution in [1.29, 1.82) is 0 Å². The van der Waals surface area contributed by atoms with Gasteiger partial charge >= 0.3 is 0 Å². The Morgan fingerprint density at radius 1 is 0.625 bits per heavy atom. The number of hydrogen-bond acceptors (Lipinski definition) is 12. The first-order chi connectivity index (χ1) is 11.0. The highest BCUT2D eigenvalue weighted by atomic mass is 16.7. The van der Waals surface area contributed by atoms with Gasteiger partial charge in [0.15, 0.2) is 0 Å². The van der Waals surface area contributed by atoms with Gasteiger partial charge in [-0.1, -0.05) is 0 Å². The largest absolute Gasteiger partial charge is 0.394 e. The normalized spacial score (nSPS) is 51.9. The Hall–Kier alpha value is -0.480. The van der Waals surface area contributed by atoms with E-state index in [0.29, 0.717) is 0 Å². The highest BCUT2D eigenvalue weighted by Gasteiger charge is 2.52. The van der Waals surface area contributed by atoms with Crippen LogP contribution in [0.15, 0.2) is 0 Å². The third-order valence-corrected chi connectivity index (χ3v) is 4.03. The maximum atomic E-state index is 9.25. The molecule has 1 saturated carbocycles. The van der Waals surface area contributed by atoms with E-state index >= 15 is 0 Å². The third kappa shape index (κ3) is 4.01. The Balaban J connectivity index is 0.000000240. The number of aliphatic hydroxyl groups excluding tert-OH is 10. The van der Waals surface area contributed by atoms with Crippen LogP contribution >= 0.6 is 0 Å². The summed E-state index contributed by atoms with van der Waals surface area (Å²) in [5.41, 5.74) is 0. The Bertz CT molecular complexity index is 333. The van der Waals surface area contributed by atoms with Crippen molar-refractivity contribution in [1.82, 2.24) is 0 Å². The van der Waals surface area contributed by atoms with Crippen LogP contribution in [0.5, 0.6) is 0 Å². The molecule has 11 N–H and O–H groups in total. The van der Waals surface area contributed by atoms with Gasteiger partial charge in [-0.15, -0.1) is 0 Å². The molecule has 0 spiro atoms. The second-order valence-corrected chi connectivity index (χ2v) is 5.72. The van der Waals surface area contributed by atoms with E-state index in [9.17, 15) is 5.11 Å². The summed E-state index contributed by atoms with van der Waals surface area (Å²) in [6.45, 7) is -1.36. The van der Waals surface area contributed by atoms with E-state index in [-0.39, 0.29) is 0 Å². The fraction of sp³-hybridized carbons (Fsp3) is 1.00. The van der Waals surface area contributed by atoms with Gasteiger partial charge in [-0.05, 0) is 0 Å². The van der Waals surface area contributed by atoms with Crippen LogP contribution < -0.4 is 0 Å². The number of rotatable bonds is 2. The van der Waals surface area contributed by atoms with E-state index in [1.807, 2.05) is 0 Å². The number of aliphatic hydroxyl groups is 11. The van der Waals surface area contributed by atoms with E-state index < -0.39 is 73.9 Å². The first-order valence-electron chi connectivity index (χ1n) is 7.08. The molecule has 2 rings (SSSR count). The zero-order valence-electron chi connectivity index (χ0n) is 12.4. The second kappa shape index (κ2) is 8.27. The molecule has 0 unspecified atom stereocenters. The van der Waals surface area contributed by atoms with Gasteiger partial charge in [0.05, 0.1) is 13.2 Å². The van der Waals surface area contributed by atoms with Gasteiger partial charge in [0.1, 0.15) is 54.9 Å². The van der Waals surface area contributed by atoms with Crippen LogP contribution in [0.4, 0.5) is 0 Å². The fourth-order valence-corrected chi connectivity index (χ4v) is 2.36. The van der Waals surface area contributed by atoms with E-state index in [4.69, 9.17) is 51.1 Å². The lowest BCUT2D eigenvalue weighted by Crippen LogP contribution is -2.63. The Morgan fingerprint density at radius 3 is 1.12 bits per heavy atom. The van der Waals surface area contributed by atoms with Crippen LogP contribution in [-0.4, -0.2) is 130 Å². The molecule has 0 aromatic carbocycles. The third-order valence-electron chi connectivity index (χ3n) is 4.03. The average molecular weight is 360 g/mol. The first kappa shape index (κ1) is 21.6. The zero-order valence-corrected chi connectivity index (χ0v) is 12.4. The second-order valence-electron chi connectivity index (χ2n) is 5.72. The van der Waals surface area contributed by atoms with Crippen molar-refractivity contribution in [2.45, 2.75) is 60.7 Å². The minimum absolute atomic E-state index is 0.527. The molecule has 1 heterocycles. The Kier molecular flexibility index (Phi) is 7.43. The zero-order chi connectivity index (χ0) is 18.8. The lowest BCUT2D eigenvalue weighted by molar-refractivity contribution is -0.248. The van der Waals surface area contributed by atoms with Crippen LogP contribution in [0.3, 0.4) is 0 Å². The maximum absolute atomic E-state index is 9.25. The van der Waals surface area contributed by atoms with E-state index in [1.54, 1.807) is 0 Å². The molecule has 144 valence electrons. The van der Waals surface area contributed by atoms with E-state index in [2.05, 4.69) is 4.74 Å². The van der Waals surface area contributed by atoms with Crippen molar-refractivity contribution in [2.24, 2.45) is 0 Å². The summed E-state index contributed by atoms with van der Waals surface area (Å²) in [6.07, 6.45) is -13.9. The predicted molar refractivity (Wildman–Crippen MR) is 72.0 cm³/mol. The predicted octanol–water partition coefficient (Wildman–Crippen LogP) is -7.05. The molecule has 1 aliphatic heterocycles. The fourth-order valence-electron chi connectivity index (χ4n) is 2.36. The van der Waals surface area contributed by atoms with Crippen molar-refractivity contribution >= 4 is 0 Å². The van der Waals surface area contributed by atoms with Gasteiger partial charge in [0, 0.05) is 0 Å². The molecule has 0 aromatic heterocycles. The number of ether oxygens (including phenoxy) is 1. The summed E-state index contributed by atoms with van der Waals surface area (Å²) in [4.78, 5) is 0. The van der Waals surface area contributed by atoms with Crippen LogP contribution in [-0.2, 0) is 4.74 Å². The summed E-state index contributed by atoms with van der Waals surface area (Å²) in [6, 6.07) is 0. The van der Waals surface area contributed by atoms with Crippen LogP contribution in [0.25, 0.3) is 0 Å². The van der Waals surface area contributed by atoms with E-state index in [1.165, 1.54) is 0 Å². The van der Waals surface area contributed by atoms with Crippen LogP contribution in [0.1, 0.15) is 0 Å². The lowest BCUT2D eigenvalue weighted by Gasteiger charge is -2.39. The maximum Gasteiger partial charge on any atom is 0.219 e. The molecular formula is C12H24O12. The molecular weight excluding hydrogens is 336 g/mol. The van der Waals surface area contributed by atoms with Gasteiger partial charge in [-0.25, -0.2) is 0 Å². The molecule has 24 heavy (non-hydrogen) atoms. The molecule has 4 atom stereocenters. The molecule has 12 nitrogen and oxygen atoms in total. The molecule has 0 aromatic rings. The monoisotopic (exact) mass is 360 g/mol. The van der Waals surface area contributed by atoms with Crippen molar-refractivity contribution in [3.8, 4) is 0 Å². The molecule has 0 amide bonds. The molecule has 2 aliphatic rings. The first-order valence-corrected chi connectivity index (χ1v) is 7.08. The quantitative estimate of drug-likeness (QED) is 0.220. The van der Waals surface area contributed by atoms with Crippen molar-refractivity contribution < 1.29 is 60.9 Å². The summed E-state index contributed by atoms with van der Waals surface area (Å²) >= 11 is 0. The van der Waals surface area contributed by atoms with Gasteiger partial charge < -0.3 is 60.9 Å². The molecule has 0 radical (unpaired) electrons. The summed E-state index contributed by atoms with van der Waals surface area (Å²) < 4.78 is 4.63. The van der Waals surface area contributed by atoms with Crippen molar-refractivity contribution in [2.75, 3.05) is 13.2 Å². The minimum Gasteiger partial charge on any atom is -0.394 e. The minimum atomic E-state index is -2.16. The van der Waals surface area contributed by atoms with Crippen LogP contribution in [0.2, 0.25) is 0 Å². The van der Waals surface area contributed by atoms with E-state index in [0.717, 1.165) is 0 Å². The lowest BCUT2D eigenvalue weighted by atomic mass is 9.85. The van der Waals surface area contributed by atoms with Crippen molar-refractivity contribution in [3.63, 3.8) is 0 Å². The molecule has 0 bridgehead atoms. The Labute approximate surface area is 136 Å². The topological polar surface area (TPSA) is 232 Å². The molecule has 12 heteroatoms.